The second kappa shape index (κ2) is 9.50. The molecule has 0 unspecified atom stereocenters. The van der Waals surface area contributed by atoms with E-state index in [4.69, 9.17) is 11.6 Å². The number of nitrogens with one attached hydrogen (secondary N) is 2. The SMILES string of the molecule is CCNc1cc(Cl)nnc1NN=C(C=Cc1ccccc1)c1ccccc1. The van der Waals surface area contributed by atoms with Gasteiger partial charge in [-0.1, -0.05) is 78.3 Å². The molecule has 0 aliphatic rings. The highest BCUT2D eigenvalue weighted by Gasteiger charge is 2.06. The highest BCUT2D eigenvalue weighted by atomic mass is 35.5. The van der Waals surface area contributed by atoms with Gasteiger partial charge < -0.3 is 5.32 Å². The minimum absolute atomic E-state index is 0.327. The highest BCUT2D eigenvalue weighted by Crippen LogP contribution is 2.21. The molecule has 0 saturated heterocycles. The Morgan fingerprint density at radius 2 is 1.74 bits per heavy atom. The van der Waals surface area contributed by atoms with Gasteiger partial charge in [-0.15, -0.1) is 10.2 Å². The number of aromatic nitrogens is 2. The first kappa shape index (κ1) is 18.6. The van der Waals surface area contributed by atoms with Gasteiger partial charge in [0.1, 0.15) is 0 Å². The van der Waals surface area contributed by atoms with Gasteiger partial charge in [0.25, 0.3) is 0 Å². The van der Waals surface area contributed by atoms with E-state index in [1.54, 1.807) is 6.07 Å². The molecule has 5 nitrogen and oxygen atoms in total. The third-order valence-corrected chi connectivity index (χ3v) is 3.90. The number of halogens is 1. The smallest absolute Gasteiger partial charge is 0.192 e. The summed E-state index contributed by atoms with van der Waals surface area (Å²) in [6.07, 6.45) is 3.99. The normalized spacial score (nSPS) is 11.6. The Labute approximate surface area is 163 Å². The highest BCUT2D eigenvalue weighted by molar-refractivity contribution is 6.29. The van der Waals surface area contributed by atoms with Gasteiger partial charge in [-0.2, -0.15) is 5.10 Å². The van der Waals surface area contributed by atoms with Gasteiger partial charge in [0, 0.05) is 18.2 Å². The Balaban J connectivity index is 1.90. The Hall–Kier alpha value is -3.18. The van der Waals surface area contributed by atoms with Crippen LogP contribution < -0.4 is 10.7 Å². The molecule has 3 rings (SSSR count). The summed E-state index contributed by atoms with van der Waals surface area (Å²) in [6.45, 7) is 2.74. The maximum Gasteiger partial charge on any atom is 0.192 e. The van der Waals surface area contributed by atoms with Crippen LogP contribution >= 0.6 is 11.6 Å². The summed E-state index contributed by atoms with van der Waals surface area (Å²) in [5, 5.41) is 16.1. The molecular weight excluding hydrogens is 358 g/mol. The quantitative estimate of drug-likeness (QED) is 0.444. The van der Waals surface area contributed by atoms with E-state index in [0.29, 0.717) is 11.0 Å². The summed E-state index contributed by atoms with van der Waals surface area (Å²) in [5.41, 5.74) is 6.62. The number of benzene rings is 2. The minimum Gasteiger partial charge on any atom is -0.382 e. The van der Waals surface area contributed by atoms with Crippen LogP contribution in [0.3, 0.4) is 0 Å². The fraction of sp³-hybridized carbons (Fsp3) is 0.0952. The number of hydrogen-bond acceptors (Lipinski definition) is 5. The van der Waals surface area contributed by atoms with Crippen molar-refractivity contribution in [1.29, 1.82) is 0 Å². The molecule has 0 radical (unpaired) electrons. The molecule has 0 amide bonds. The van der Waals surface area contributed by atoms with E-state index in [-0.39, 0.29) is 0 Å². The molecule has 27 heavy (non-hydrogen) atoms. The van der Waals surface area contributed by atoms with Crippen LogP contribution in [-0.4, -0.2) is 22.5 Å². The summed E-state index contributed by atoms with van der Waals surface area (Å²) in [7, 11) is 0. The molecule has 0 aliphatic carbocycles. The van der Waals surface area contributed by atoms with Crippen LogP contribution in [0.1, 0.15) is 18.1 Å². The Morgan fingerprint density at radius 1 is 1.04 bits per heavy atom. The molecule has 0 fully saturated rings. The van der Waals surface area contributed by atoms with E-state index >= 15 is 0 Å². The van der Waals surface area contributed by atoms with Crippen LogP contribution in [0.25, 0.3) is 6.08 Å². The van der Waals surface area contributed by atoms with E-state index in [0.717, 1.165) is 29.1 Å². The van der Waals surface area contributed by atoms with Crippen molar-refractivity contribution < 1.29 is 0 Å². The summed E-state index contributed by atoms with van der Waals surface area (Å²) >= 11 is 5.94. The van der Waals surface area contributed by atoms with Crippen molar-refractivity contribution in [2.45, 2.75) is 6.92 Å². The van der Waals surface area contributed by atoms with Gasteiger partial charge >= 0.3 is 0 Å². The number of hydrazone groups is 1. The molecule has 2 N–H and O–H groups in total. The zero-order chi connectivity index (χ0) is 18.9. The maximum absolute atomic E-state index is 5.94. The predicted octanol–water partition coefficient (Wildman–Crippen LogP) is 5.09. The van der Waals surface area contributed by atoms with Gasteiger partial charge in [-0.05, 0) is 18.6 Å². The summed E-state index contributed by atoms with van der Waals surface area (Å²) < 4.78 is 0. The monoisotopic (exact) mass is 377 g/mol. The van der Waals surface area contributed by atoms with Gasteiger partial charge in [-0.3, -0.25) is 5.43 Å². The zero-order valence-electron chi connectivity index (χ0n) is 14.9. The Morgan fingerprint density at radius 3 is 2.44 bits per heavy atom. The van der Waals surface area contributed by atoms with Crippen molar-refractivity contribution in [2.75, 3.05) is 17.3 Å². The van der Waals surface area contributed by atoms with E-state index in [9.17, 15) is 0 Å². The summed E-state index contributed by atoms with van der Waals surface area (Å²) in [5.74, 6) is 0.516. The Kier molecular flexibility index (Phi) is 6.55. The third-order valence-electron chi connectivity index (χ3n) is 3.72. The lowest BCUT2D eigenvalue weighted by Gasteiger charge is -2.09. The molecular formula is C21H20ClN5. The van der Waals surface area contributed by atoms with Gasteiger partial charge in [0.2, 0.25) is 0 Å². The van der Waals surface area contributed by atoms with Crippen LogP contribution in [0.5, 0.6) is 0 Å². The van der Waals surface area contributed by atoms with Gasteiger partial charge in [0.05, 0.1) is 11.4 Å². The average Bonchev–Trinajstić information content (AvgIpc) is 2.71. The van der Waals surface area contributed by atoms with Gasteiger partial charge in [-0.25, -0.2) is 0 Å². The number of nitrogens with zero attached hydrogens (tertiary/aromatic N) is 3. The van der Waals surface area contributed by atoms with Crippen molar-refractivity contribution in [3.8, 4) is 0 Å². The Bertz CT molecular complexity index is 924. The molecule has 0 atom stereocenters. The summed E-state index contributed by atoms with van der Waals surface area (Å²) in [6, 6.07) is 21.8. The number of allylic oxidation sites excluding steroid dienone is 1. The van der Waals surface area contributed by atoms with E-state index < -0.39 is 0 Å². The molecule has 0 spiro atoms. The molecule has 2 aromatic carbocycles. The molecule has 6 heteroatoms. The van der Waals surface area contributed by atoms with E-state index in [1.165, 1.54) is 0 Å². The predicted molar refractivity (Wildman–Crippen MR) is 113 cm³/mol. The number of anilines is 2. The largest absolute Gasteiger partial charge is 0.382 e. The van der Waals surface area contributed by atoms with E-state index in [1.807, 2.05) is 79.7 Å². The number of rotatable bonds is 7. The van der Waals surface area contributed by atoms with Crippen LogP contribution in [-0.2, 0) is 0 Å². The number of hydrogen-bond donors (Lipinski definition) is 2. The first-order valence-electron chi connectivity index (χ1n) is 8.65. The fourth-order valence-electron chi connectivity index (χ4n) is 2.44. The maximum atomic E-state index is 5.94. The van der Waals surface area contributed by atoms with Crippen LogP contribution in [0.2, 0.25) is 5.15 Å². The standard InChI is InChI=1S/C21H20ClN5/c1-2-23-19-15-20(22)25-27-21(19)26-24-18(17-11-7-4-8-12-17)14-13-16-9-5-3-6-10-16/h3-15H,2H2,1H3,(H,23,25)(H,26,27). The lowest BCUT2D eigenvalue weighted by molar-refractivity contribution is 1.01. The lowest BCUT2D eigenvalue weighted by Crippen LogP contribution is -2.07. The second-order valence-corrected chi connectivity index (χ2v) is 6.07. The third kappa shape index (κ3) is 5.39. The first-order chi connectivity index (χ1) is 13.3. The summed E-state index contributed by atoms with van der Waals surface area (Å²) in [4.78, 5) is 0. The molecule has 1 heterocycles. The van der Waals surface area contributed by atoms with Gasteiger partial charge in [0.15, 0.2) is 11.0 Å². The van der Waals surface area contributed by atoms with Crippen LogP contribution in [0.4, 0.5) is 11.5 Å². The fourth-order valence-corrected chi connectivity index (χ4v) is 2.58. The molecule has 0 saturated carbocycles. The van der Waals surface area contributed by atoms with E-state index in [2.05, 4.69) is 26.0 Å². The molecule has 3 aromatic rings. The average molecular weight is 378 g/mol. The van der Waals surface area contributed by atoms with Crippen LogP contribution in [0.15, 0.2) is 77.9 Å². The lowest BCUT2D eigenvalue weighted by atomic mass is 10.1. The topological polar surface area (TPSA) is 62.2 Å². The molecule has 0 bridgehead atoms. The molecule has 0 aliphatic heterocycles. The second-order valence-electron chi connectivity index (χ2n) is 5.68. The molecule has 136 valence electrons. The van der Waals surface area contributed by atoms with Crippen molar-refractivity contribution >= 4 is 34.9 Å². The van der Waals surface area contributed by atoms with Crippen molar-refractivity contribution in [3.05, 3.63) is 89.1 Å². The first-order valence-corrected chi connectivity index (χ1v) is 9.03. The minimum atomic E-state index is 0.327. The van der Waals surface area contributed by atoms with Crippen molar-refractivity contribution in [3.63, 3.8) is 0 Å². The zero-order valence-corrected chi connectivity index (χ0v) is 15.7. The van der Waals surface area contributed by atoms with Crippen molar-refractivity contribution in [1.82, 2.24) is 10.2 Å². The van der Waals surface area contributed by atoms with Crippen molar-refractivity contribution in [2.24, 2.45) is 5.10 Å². The molecule has 1 aromatic heterocycles. The van der Waals surface area contributed by atoms with Crippen LogP contribution in [0, 0.1) is 0 Å².